The highest BCUT2D eigenvalue weighted by molar-refractivity contribution is 7.21. The van der Waals surface area contributed by atoms with E-state index in [1.54, 1.807) is 11.3 Å². The Kier molecular flexibility index (Phi) is 2.35. The van der Waals surface area contributed by atoms with Gasteiger partial charge in [-0.05, 0) is 11.5 Å². The van der Waals surface area contributed by atoms with Crippen molar-refractivity contribution < 1.29 is 0 Å². The smallest absolute Gasteiger partial charge is 0.124 e. The molecule has 0 bridgehead atoms. The molecular weight excluding hydrogens is 250 g/mol. The van der Waals surface area contributed by atoms with Gasteiger partial charge >= 0.3 is 0 Å². The fourth-order valence-corrected chi connectivity index (χ4v) is 3.35. The van der Waals surface area contributed by atoms with Crippen molar-refractivity contribution in [3.8, 4) is 10.6 Å². The van der Waals surface area contributed by atoms with Gasteiger partial charge in [0, 0.05) is 10.9 Å². The summed E-state index contributed by atoms with van der Waals surface area (Å²) in [6.45, 7) is 0. The van der Waals surface area contributed by atoms with Crippen LogP contribution in [-0.4, -0.2) is 4.98 Å². The van der Waals surface area contributed by atoms with Crippen molar-refractivity contribution >= 4 is 32.3 Å². The number of thiazole rings is 1. The van der Waals surface area contributed by atoms with E-state index in [4.69, 9.17) is 4.98 Å². The maximum absolute atomic E-state index is 4.83. The van der Waals surface area contributed by atoms with Crippen LogP contribution >= 0.6 is 11.3 Å². The van der Waals surface area contributed by atoms with Gasteiger partial charge in [0.2, 0.25) is 0 Å². The highest BCUT2D eigenvalue weighted by Crippen LogP contribution is 2.33. The van der Waals surface area contributed by atoms with Crippen molar-refractivity contribution in [3.05, 3.63) is 66.7 Å². The lowest BCUT2D eigenvalue weighted by atomic mass is 10.1. The van der Waals surface area contributed by atoms with Gasteiger partial charge in [0.05, 0.1) is 10.2 Å². The second-order valence-electron chi connectivity index (χ2n) is 4.52. The Labute approximate surface area is 115 Å². The summed E-state index contributed by atoms with van der Waals surface area (Å²) in [6, 6.07) is 23.1. The van der Waals surface area contributed by atoms with Crippen LogP contribution in [0, 0.1) is 0 Å². The zero-order valence-electron chi connectivity index (χ0n) is 10.2. The number of aromatic nitrogens is 1. The monoisotopic (exact) mass is 261 g/mol. The number of benzene rings is 3. The van der Waals surface area contributed by atoms with Crippen LogP contribution in [0.1, 0.15) is 0 Å². The van der Waals surface area contributed by atoms with Gasteiger partial charge in [0.1, 0.15) is 5.01 Å². The number of hydrogen-bond acceptors (Lipinski definition) is 2. The molecule has 2 heteroatoms. The van der Waals surface area contributed by atoms with E-state index in [9.17, 15) is 0 Å². The molecule has 0 atom stereocenters. The Morgan fingerprint density at radius 3 is 2.42 bits per heavy atom. The molecule has 0 aliphatic carbocycles. The zero-order chi connectivity index (χ0) is 12.7. The third kappa shape index (κ3) is 1.72. The standard InChI is InChI=1S/C17H11NS/c1-2-7-13(8-3-1)17-18-16-14-9-5-4-6-12(14)10-11-15(16)19-17/h1-11H. The maximum Gasteiger partial charge on any atom is 0.124 e. The lowest BCUT2D eigenvalue weighted by Gasteiger charge is -1.96. The van der Waals surface area contributed by atoms with E-state index in [-0.39, 0.29) is 0 Å². The molecule has 0 saturated carbocycles. The fraction of sp³-hybridized carbons (Fsp3) is 0. The number of hydrogen-bond donors (Lipinski definition) is 0. The summed E-state index contributed by atoms with van der Waals surface area (Å²) in [5, 5.41) is 3.57. The van der Waals surface area contributed by atoms with Crippen molar-refractivity contribution in [2.75, 3.05) is 0 Å². The van der Waals surface area contributed by atoms with Crippen LogP contribution in [0.5, 0.6) is 0 Å². The normalized spacial score (nSPS) is 11.2. The Hall–Kier alpha value is -2.19. The van der Waals surface area contributed by atoms with E-state index in [1.165, 1.54) is 21.0 Å². The van der Waals surface area contributed by atoms with Gasteiger partial charge in [-0.1, -0.05) is 60.7 Å². The van der Waals surface area contributed by atoms with Crippen molar-refractivity contribution in [2.45, 2.75) is 0 Å². The lowest BCUT2D eigenvalue weighted by molar-refractivity contribution is 1.49. The highest BCUT2D eigenvalue weighted by Gasteiger charge is 2.08. The van der Waals surface area contributed by atoms with Gasteiger partial charge in [-0.15, -0.1) is 11.3 Å². The van der Waals surface area contributed by atoms with E-state index >= 15 is 0 Å². The van der Waals surface area contributed by atoms with Crippen LogP contribution < -0.4 is 0 Å². The van der Waals surface area contributed by atoms with Gasteiger partial charge in [0.25, 0.3) is 0 Å². The minimum atomic E-state index is 1.09. The summed E-state index contributed by atoms with van der Waals surface area (Å²) in [5.41, 5.74) is 2.30. The molecule has 0 N–H and O–H groups in total. The second-order valence-corrected chi connectivity index (χ2v) is 5.55. The molecule has 90 valence electrons. The van der Waals surface area contributed by atoms with E-state index in [1.807, 2.05) is 6.07 Å². The molecule has 4 rings (SSSR count). The van der Waals surface area contributed by atoms with Crippen molar-refractivity contribution in [3.63, 3.8) is 0 Å². The molecule has 0 fully saturated rings. The van der Waals surface area contributed by atoms with E-state index in [0.717, 1.165) is 10.5 Å². The van der Waals surface area contributed by atoms with Crippen LogP contribution in [0.3, 0.4) is 0 Å². The van der Waals surface area contributed by atoms with Gasteiger partial charge in [-0.3, -0.25) is 0 Å². The molecule has 4 aromatic rings. The molecule has 3 aromatic carbocycles. The minimum absolute atomic E-state index is 1.09. The molecular formula is C17H11NS. The summed E-state index contributed by atoms with van der Waals surface area (Å²) >= 11 is 1.75. The van der Waals surface area contributed by atoms with Crippen molar-refractivity contribution in [1.82, 2.24) is 4.98 Å². The predicted octanol–water partition coefficient (Wildman–Crippen LogP) is 5.12. The first-order valence-electron chi connectivity index (χ1n) is 6.25. The molecule has 1 nitrogen and oxygen atoms in total. The third-order valence-electron chi connectivity index (χ3n) is 3.30. The first-order chi connectivity index (χ1) is 9.42. The van der Waals surface area contributed by atoms with E-state index < -0.39 is 0 Å². The Balaban J connectivity index is 2.04. The Morgan fingerprint density at radius 2 is 1.53 bits per heavy atom. The minimum Gasteiger partial charge on any atom is -0.235 e. The summed E-state index contributed by atoms with van der Waals surface area (Å²) < 4.78 is 1.25. The van der Waals surface area contributed by atoms with E-state index in [0.29, 0.717) is 0 Å². The molecule has 19 heavy (non-hydrogen) atoms. The average molecular weight is 261 g/mol. The quantitative estimate of drug-likeness (QED) is 0.463. The zero-order valence-corrected chi connectivity index (χ0v) is 11.0. The molecule has 0 unspecified atom stereocenters. The SMILES string of the molecule is c1ccc(-c2nc3c(ccc4ccccc43)s2)cc1. The van der Waals surface area contributed by atoms with Crippen LogP contribution in [0.15, 0.2) is 66.7 Å². The molecule has 1 heterocycles. The first kappa shape index (κ1) is 10.7. The largest absolute Gasteiger partial charge is 0.235 e. The molecule has 0 radical (unpaired) electrons. The van der Waals surface area contributed by atoms with Crippen molar-refractivity contribution in [1.29, 1.82) is 0 Å². The molecule has 1 aromatic heterocycles. The van der Waals surface area contributed by atoms with Crippen molar-refractivity contribution in [2.24, 2.45) is 0 Å². The van der Waals surface area contributed by atoms with Gasteiger partial charge in [0.15, 0.2) is 0 Å². The van der Waals surface area contributed by atoms with Gasteiger partial charge in [-0.2, -0.15) is 0 Å². The van der Waals surface area contributed by atoms with E-state index in [2.05, 4.69) is 60.7 Å². The summed E-state index contributed by atoms with van der Waals surface area (Å²) in [7, 11) is 0. The first-order valence-corrected chi connectivity index (χ1v) is 7.07. The van der Waals surface area contributed by atoms with Crippen LogP contribution in [0.2, 0.25) is 0 Å². The van der Waals surface area contributed by atoms with Crippen LogP contribution in [-0.2, 0) is 0 Å². The Bertz CT molecular complexity index is 862. The molecule has 0 amide bonds. The number of rotatable bonds is 1. The molecule has 0 aliphatic rings. The topological polar surface area (TPSA) is 12.9 Å². The molecule has 0 aliphatic heterocycles. The lowest BCUT2D eigenvalue weighted by Crippen LogP contribution is -1.76. The Morgan fingerprint density at radius 1 is 0.737 bits per heavy atom. The average Bonchev–Trinajstić information content (AvgIpc) is 2.93. The summed E-state index contributed by atoms with van der Waals surface area (Å²) in [5.74, 6) is 0. The summed E-state index contributed by atoms with van der Waals surface area (Å²) in [4.78, 5) is 4.83. The number of fused-ring (bicyclic) bond motifs is 3. The fourth-order valence-electron chi connectivity index (χ4n) is 2.37. The second kappa shape index (κ2) is 4.18. The third-order valence-corrected chi connectivity index (χ3v) is 4.37. The van der Waals surface area contributed by atoms with Crippen LogP contribution in [0.4, 0.5) is 0 Å². The van der Waals surface area contributed by atoms with Gasteiger partial charge < -0.3 is 0 Å². The highest BCUT2D eigenvalue weighted by atomic mass is 32.1. The number of nitrogens with zero attached hydrogens (tertiary/aromatic N) is 1. The summed E-state index contributed by atoms with van der Waals surface area (Å²) in [6.07, 6.45) is 0. The maximum atomic E-state index is 4.83. The van der Waals surface area contributed by atoms with Gasteiger partial charge in [-0.25, -0.2) is 4.98 Å². The molecule has 0 spiro atoms. The predicted molar refractivity (Wildman–Crippen MR) is 82.6 cm³/mol. The molecule has 0 saturated heterocycles. The van der Waals surface area contributed by atoms with Crippen LogP contribution in [0.25, 0.3) is 31.6 Å².